The van der Waals surface area contributed by atoms with Gasteiger partial charge in [-0.25, -0.2) is 4.98 Å². The van der Waals surface area contributed by atoms with Gasteiger partial charge in [0.25, 0.3) is 11.5 Å². The average Bonchev–Trinajstić information content (AvgIpc) is 2.77. The molecule has 4 aromatic rings. The van der Waals surface area contributed by atoms with E-state index in [1.54, 1.807) is 36.5 Å². The summed E-state index contributed by atoms with van der Waals surface area (Å²) in [6.45, 7) is 2.67. The number of benzene rings is 2. The molecule has 0 saturated carbocycles. The Hall–Kier alpha value is -3.93. The van der Waals surface area contributed by atoms with Crippen molar-refractivity contribution in [2.24, 2.45) is 0 Å². The number of hydrogen-bond donors (Lipinski definition) is 1. The maximum atomic E-state index is 13.3. The predicted octanol–water partition coefficient (Wildman–Crippen LogP) is 4.10. The van der Waals surface area contributed by atoms with E-state index in [9.17, 15) is 9.59 Å². The smallest absolute Gasteiger partial charge is 0.265 e. The number of aromatic nitrogens is 2. The average molecular weight is 399 g/mol. The minimum absolute atomic E-state index is 0.0535. The molecule has 4 rings (SSSR count). The molecule has 0 aliphatic heterocycles. The number of para-hydroxylation sites is 2. The van der Waals surface area contributed by atoms with Gasteiger partial charge in [-0.2, -0.15) is 0 Å². The number of rotatable bonds is 6. The van der Waals surface area contributed by atoms with E-state index in [0.717, 1.165) is 10.9 Å². The van der Waals surface area contributed by atoms with E-state index < -0.39 is 11.5 Å². The molecule has 0 aliphatic rings. The second-order valence-corrected chi connectivity index (χ2v) is 6.73. The van der Waals surface area contributed by atoms with Crippen LogP contribution in [0.5, 0.6) is 5.75 Å². The zero-order valence-corrected chi connectivity index (χ0v) is 16.5. The summed E-state index contributed by atoms with van der Waals surface area (Å²) in [5.74, 6) is 0.0696. The number of amides is 1. The van der Waals surface area contributed by atoms with Crippen molar-refractivity contribution < 1.29 is 9.53 Å². The number of carbonyl (C=O) groups excluding carboxylic acids is 1. The number of hydrogen-bond acceptors (Lipinski definition) is 4. The van der Waals surface area contributed by atoms with Crippen LogP contribution < -0.4 is 15.6 Å². The fraction of sp³-hybridized carbons (Fsp3) is 0.125. The van der Waals surface area contributed by atoms with Crippen LogP contribution in [0.15, 0.2) is 83.8 Å². The van der Waals surface area contributed by atoms with Gasteiger partial charge in [0.05, 0.1) is 18.8 Å². The van der Waals surface area contributed by atoms with Gasteiger partial charge in [0, 0.05) is 11.6 Å². The van der Waals surface area contributed by atoms with Crippen molar-refractivity contribution in [2.75, 3.05) is 11.9 Å². The quantitative estimate of drug-likeness (QED) is 0.530. The first-order valence-electron chi connectivity index (χ1n) is 9.73. The molecule has 1 N–H and O–H groups in total. The molecule has 150 valence electrons. The van der Waals surface area contributed by atoms with Crippen LogP contribution in [0, 0.1) is 0 Å². The molecule has 6 heteroatoms. The summed E-state index contributed by atoms with van der Waals surface area (Å²) in [4.78, 5) is 30.7. The zero-order valence-electron chi connectivity index (χ0n) is 16.5. The normalized spacial score (nSPS) is 10.7. The highest BCUT2D eigenvalue weighted by Gasteiger charge is 2.18. The van der Waals surface area contributed by atoms with Gasteiger partial charge >= 0.3 is 0 Å². The van der Waals surface area contributed by atoms with Crippen LogP contribution in [-0.2, 0) is 6.54 Å². The summed E-state index contributed by atoms with van der Waals surface area (Å²) < 4.78 is 7.10. The van der Waals surface area contributed by atoms with Crippen molar-refractivity contribution in [1.82, 2.24) is 9.55 Å². The fourth-order valence-electron chi connectivity index (χ4n) is 3.32. The highest BCUT2D eigenvalue weighted by molar-refractivity contribution is 6.06. The summed E-state index contributed by atoms with van der Waals surface area (Å²) >= 11 is 0. The predicted molar refractivity (Wildman–Crippen MR) is 117 cm³/mol. The number of pyridine rings is 2. The van der Waals surface area contributed by atoms with Crippen molar-refractivity contribution in [3.8, 4) is 5.75 Å². The Kier molecular flexibility index (Phi) is 5.57. The standard InChI is InChI=1S/C24H21N3O3/c1-2-30-21-13-7-6-12-20(21)26-23(28)19-15-18-11-8-14-25-22(18)27(24(19)29)16-17-9-4-3-5-10-17/h3-15H,2,16H2,1H3,(H,26,28). The summed E-state index contributed by atoms with van der Waals surface area (Å²) in [6, 6.07) is 22.0. The van der Waals surface area contributed by atoms with Crippen LogP contribution in [0.3, 0.4) is 0 Å². The van der Waals surface area contributed by atoms with Crippen molar-refractivity contribution in [3.63, 3.8) is 0 Å². The van der Waals surface area contributed by atoms with E-state index in [2.05, 4.69) is 10.3 Å². The Bertz CT molecular complexity index is 1250. The van der Waals surface area contributed by atoms with Crippen LogP contribution in [0.1, 0.15) is 22.8 Å². The molecule has 6 nitrogen and oxygen atoms in total. The maximum Gasteiger partial charge on any atom is 0.265 e. The zero-order chi connectivity index (χ0) is 20.9. The van der Waals surface area contributed by atoms with Crippen molar-refractivity contribution in [3.05, 3.63) is 100 Å². The van der Waals surface area contributed by atoms with E-state index in [1.807, 2.05) is 49.4 Å². The molecule has 0 radical (unpaired) electrons. The summed E-state index contributed by atoms with van der Waals surface area (Å²) in [5, 5.41) is 3.53. The highest BCUT2D eigenvalue weighted by atomic mass is 16.5. The lowest BCUT2D eigenvalue weighted by Gasteiger charge is -2.14. The molecule has 2 aromatic carbocycles. The van der Waals surface area contributed by atoms with Gasteiger partial charge in [0.15, 0.2) is 0 Å². The first-order valence-corrected chi connectivity index (χ1v) is 9.73. The topological polar surface area (TPSA) is 73.2 Å². The molecular formula is C24H21N3O3. The molecule has 2 aromatic heterocycles. The maximum absolute atomic E-state index is 13.3. The van der Waals surface area contributed by atoms with Gasteiger partial charge in [0.2, 0.25) is 0 Å². The molecule has 0 atom stereocenters. The third-order valence-corrected chi connectivity index (χ3v) is 4.71. The summed E-state index contributed by atoms with van der Waals surface area (Å²) in [7, 11) is 0. The number of carbonyl (C=O) groups is 1. The minimum atomic E-state index is -0.486. The van der Waals surface area contributed by atoms with Crippen LogP contribution >= 0.6 is 0 Å². The lowest BCUT2D eigenvalue weighted by molar-refractivity contribution is 0.102. The molecular weight excluding hydrogens is 378 g/mol. The van der Waals surface area contributed by atoms with Crippen molar-refractivity contribution in [1.29, 1.82) is 0 Å². The Morgan fingerprint density at radius 3 is 2.60 bits per heavy atom. The summed E-state index contributed by atoms with van der Waals surface area (Å²) in [5.41, 5.74) is 1.67. The SMILES string of the molecule is CCOc1ccccc1NC(=O)c1cc2cccnc2n(Cc2ccccc2)c1=O. The Labute approximate surface area is 173 Å². The molecule has 0 unspecified atom stereocenters. The molecule has 0 bridgehead atoms. The van der Waals surface area contributed by atoms with Crippen LogP contribution in [-0.4, -0.2) is 22.1 Å². The van der Waals surface area contributed by atoms with Gasteiger partial charge in [-0.15, -0.1) is 0 Å². The van der Waals surface area contributed by atoms with Crippen LogP contribution in [0.4, 0.5) is 5.69 Å². The minimum Gasteiger partial charge on any atom is -0.492 e. The van der Waals surface area contributed by atoms with Crippen molar-refractivity contribution >= 4 is 22.6 Å². The highest BCUT2D eigenvalue weighted by Crippen LogP contribution is 2.24. The third kappa shape index (κ3) is 3.93. The molecule has 0 spiro atoms. The first-order chi connectivity index (χ1) is 14.7. The Morgan fingerprint density at radius 2 is 1.80 bits per heavy atom. The van der Waals surface area contributed by atoms with Gasteiger partial charge in [-0.3, -0.25) is 14.2 Å². The van der Waals surface area contributed by atoms with E-state index in [0.29, 0.717) is 30.2 Å². The largest absolute Gasteiger partial charge is 0.492 e. The molecule has 0 saturated heterocycles. The lowest BCUT2D eigenvalue weighted by atomic mass is 10.1. The number of nitrogens with one attached hydrogen (secondary N) is 1. The second kappa shape index (κ2) is 8.61. The number of fused-ring (bicyclic) bond motifs is 1. The second-order valence-electron chi connectivity index (χ2n) is 6.73. The lowest BCUT2D eigenvalue weighted by Crippen LogP contribution is -2.30. The van der Waals surface area contributed by atoms with Gasteiger partial charge in [-0.05, 0) is 42.8 Å². The number of anilines is 1. The van der Waals surface area contributed by atoms with E-state index in [-0.39, 0.29) is 5.56 Å². The van der Waals surface area contributed by atoms with Gasteiger partial charge in [-0.1, -0.05) is 42.5 Å². The third-order valence-electron chi connectivity index (χ3n) is 4.71. The molecule has 30 heavy (non-hydrogen) atoms. The van der Waals surface area contributed by atoms with Crippen LogP contribution in [0.2, 0.25) is 0 Å². The fourth-order valence-corrected chi connectivity index (χ4v) is 3.32. The van der Waals surface area contributed by atoms with Crippen LogP contribution in [0.25, 0.3) is 11.0 Å². The van der Waals surface area contributed by atoms with Crippen molar-refractivity contribution in [2.45, 2.75) is 13.5 Å². The van der Waals surface area contributed by atoms with Gasteiger partial charge in [0.1, 0.15) is 17.0 Å². The van der Waals surface area contributed by atoms with Gasteiger partial charge < -0.3 is 10.1 Å². The van der Waals surface area contributed by atoms with E-state index in [1.165, 1.54) is 4.57 Å². The first kappa shape index (κ1) is 19.4. The Morgan fingerprint density at radius 1 is 1.03 bits per heavy atom. The molecule has 1 amide bonds. The molecule has 0 aliphatic carbocycles. The monoisotopic (exact) mass is 399 g/mol. The molecule has 0 fully saturated rings. The number of ether oxygens (including phenoxy) is 1. The van der Waals surface area contributed by atoms with E-state index >= 15 is 0 Å². The summed E-state index contributed by atoms with van der Waals surface area (Å²) in [6.07, 6.45) is 1.64. The molecule has 2 heterocycles. The number of nitrogens with zero attached hydrogens (tertiary/aromatic N) is 2. The van der Waals surface area contributed by atoms with E-state index in [4.69, 9.17) is 4.74 Å². The Balaban J connectivity index is 1.77.